The van der Waals surface area contributed by atoms with Gasteiger partial charge in [-0.2, -0.15) is 35.9 Å². The van der Waals surface area contributed by atoms with E-state index in [2.05, 4.69) is 6.07 Å². The summed E-state index contributed by atoms with van der Waals surface area (Å²) < 4.78 is 0. The Bertz CT molecular complexity index is 203. The molecule has 0 aliphatic rings. The van der Waals surface area contributed by atoms with Gasteiger partial charge in [-0.05, 0) is 6.54 Å². The molecule has 1 nitrogen and oxygen atoms in total. The molecule has 0 fully saturated rings. The molecule has 0 spiro atoms. The van der Waals surface area contributed by atoms with Crippen molar-refractivity contribution in [2.24, 2.45) is 5.73 Å². The fraction of sp³-hybridized carbons (Fsp3) is 0.143. The quantitative estimate of drug-likeness (QED) is 0.384. The largest absolute Gasteiger partial charge is 1.00 e. The zero-order chi connectivity index (χ0) is 6.69. The van der Waals surface area contributed by atoms with Crippen molar-refractivity contribution in [2.45, 2.75) is 6.54 Å². The molecule has 0 aliphatic heterocycles. The first-order valence-corrected chi connectivity index (χ1v) is 3.07. The maximum atomic E-state index is 5.71. The number of hydrogen-bond acceptors (Lipinski definition) is 1. The molecule has 0 unspecified atom stereocenters. The van der Waals surface area contributed by atoms with Crippen LogP contribution in [0.4, 0.5) is 0 Å². The van der Waals surface area contributed by atoms with E-state index in [9.17, 15) is 0 Å². The Morgan fingerprint density at radius 3 is 2.70 bits per heavy atom. The van der Waals surface area contributed by atoms with Crippen molar-refractivity contribution in [3.8, 4) is 0 Å². The van der Waals surface area contributed by atoms with Crippen LogP contribution in [0.1, 0.15) is 5.56 Å². The van der Waals surface area contributed by atoms with Crippen LogP contribution in [0.3, 0.4) is 0 Å². The maximum absolute atomic E-state index is 5.71. The third-order valence-corrected chi connectivity index (χ3v) is 1.47. The van der Waals surface area contributed by atoms with Crippen LogP contribution in [0.25, 0.3) is 0 Å². The van der Waals surface area contributed by atoms with Gasteiger partial charge in [-0.3, -0.25) is 0 Å². The third kappa shape index (κ3) is 2.36. The minimum Gasteiger partial charge on any atom is -0.328 e. The number of benzene rings is 1. The molecule has 0 amide bonds. The predicted molar refractivity (Wildman–Crippen MR) is 38.2 cm³/mol. The molecule has 1 aromatic rings. The van der Waals surface area contributed by atoms with Crippen molar-refractivity contribution in [1.82, 2.24) is 0 Å². The minimum absolute atomic E-state index is 0. The summed E-state index contributed by atoms with van der Waals surface area (Å²) in [6.07, 6.45) is 0. The van der Waals surface area contributed by atoms with Crippen LogP contribution in [-0.2, 0) is 6.54 Å². The average Bonchev–Trinajstić information content (AvgIpc) is 1.89. The van der Waals surface area contributed by atoms with Crippen molar-refractivity contribution in [1.29, 1.82) is 0 Å². The average molecular weight is 148 g/mol. The summed E-state index contributed by atoms with van der Waals surface area (Å²) in [5.41, 5.74) is 6.32. The molecule has 0 aliphatic carbocycles. The van der Waals surface area contributed by atoms with Gasteiger partial charge in [-0.1, -0.05) is 5.02 Å². The van der Waals surface area contributed by atoms with Crippen LogP contribution in [0.5, 0.6) is 0 Å². The van der Waals surface area contributed by atoms with Crippen molar-refractivity contribution in [3.63, 3.8) is 0 Å². The van der Waals surface area contributed by atoms with Crippen LogP contribution in [0.15, 0.2) is 18.2 Å². The SMILES string of the molecule is NCc1cc[c-]cc1Cl.[Li+]. The second-order valence-corrected chi connectivity index (χ2v) is 2.13. The number of hydrogen-bond donors (Lipinski definition) is 1. The molecule has 1 aromatic carbocycles. The summed E-state index contributed by atoms with van der Waals surface area (Å²) in [6, 6.07) is 8.22. The van der Waals surface area contributed by atoms with Gasteiger partial charge in [0.1, 0.15) is 0 Å². The van der Waals surface area contributed by atoms with E-state index in [1.54, 1.807) is 12.1 Å². The molecule has 3 heteroatoms. The maximum Gasteiger partial charge on any atom is 1.00 e. The first-order chi connectivity index (χ1) is 4.34. The summed E-state index contributed by atoms with van der Waals surface area (Å²) in [4.78, 5) is 0. The van der Waals surface area contributed by atoms with Crippen LogP contribution >= 0.6 is 11.6 Å². The first kappa shape index (κ1) is 10.1. The summed E-state index contributed by atoms with van der Waals surface area (Å²) in [5.74, 6) is 0. The van der Waals surface area contributed by atoms with E-state index in [1.807, 2.05) is 6.07 Å². The Morgan fingerprint density at radius 2 is 2.30 bits per heavy atom. The van der Waals surface area contributed by atoms with Crippen LogP contribution in [0, 0.1) is 6.07 Å². The number of rotatable bonds is 1. The molecule has 0 saturated carbocycles. The molecule has 0 heterocycles. The van der Waals surface area contributed by atoms with E-state index in [0.29, 0.717) is 11.6 Å². The van der Waals surface area contributed by atoms with Crippen LogP contribution < -0.4 is 24.6 Å². The second kappa shape index (κ2) is 4.82. The monoisotopic (exact) mass is 147 g/mol. The van der Waals surface area contributed by atoms with Crippen molar-refractivity contribution >= 4 is 11.6 Å². The van der Waals surface area contributed by atoms with Gasteiger partial charge in [0.25, 0.3) is 0 Å². The molecule has 1 rings (SSSR count). The first-order valence-electron chi connectivity index (χ1n) is 2.69. The second-order valence-electron chi connectivity index (χ2n) is 1.72. The Morgan fingerprint density at radius 1 is 1.60 bits per heavy atom. The Hall–Kier alpha value is 0.0674. The normalized spacial score (nSPS) is 8.60. The van der Waals surface area contributed by atoms with E-state index in [4.69, 9.17) is 17.3 Å². The topological polar surface area (TPSA) is 26.0 Å². The minimum atomic E-state index is 0. The van der Waals surface area contributed by atoms with Crippen molar-refractivity contribution in [2.75, 3.05) is 0 Å². The Labute approximate surface area is 77.7 Å². The van der Waals surface area contributed by atoms with Gasteiger partial charge in [0, 0.05) is 0 Å². The van der Waals surface area contributed by atoms with Crippen molar-refractivity contribution < 1.29 is 18.9 Å². The van der Waals surface area contributed by atoms with Crippen LogP contribution in [0.2, 0.25) is 5.02 Å². The van der Waals surface area contributed by atoms with Gasteiger partial charge in [0.15, 0.2) is 0 Å². The number of halogens is 1. The smallest absolute Gasteiger partial charge is 0.328 e. The van der Waals surface area contributed by atoms with Gasteiger partial charge in [-0.25, -0.2) is 0 Å². The molecular formula is C7H7ClLiN. The van der Waals surface area contributed by atoms with E-state index in [1.165, 1.54) is 0 Å². The fourth-order valence-corrected chi connectivity index (χ4v) is 0.811. The summed E-state index contributed by atoms with van der Waals surface area (Å²) >= 11 is 5.71. The van der Waals surface area contributed by atoms with E-state index in [0.717, 1.165) is 5.56 Å². The van der Waals surface area contributed by atoms with E-state index in [-0.39, 0.29) is 18.9 Å². The zero-order valence-corrected chi connectivity index (χ0v) is 6.65. The zero-order valence-electron chi connectivity index (χ0n) is 5.89. The summed E-state index contributed by atoms with van der Waals surface area (Å²) in [7, 11) is 0. The fourth-order valence-electron chi connectivity index (χ4n) is 0.608. The molecule has 10 heavy (non-hydrogen) atoms. The van der Waals surface area contributed by atoms with E-state index < -0.39 is 0 Å². The molecule has 48 valence electrons. The molecule has 0 radical (unpaired) electrons. The molecule has 0 aromatic heterocycles. The van der Waals surface area contributed by atoms with Gasteiger partial charge >= 0.3 is 18.9 Å². The molecule has 0 saturated heterocycles. The van der Waals surface area contributed by atoms with Crippen molar-refractivity contribution in [3.05, 3.63) is 34.9 Å². The van der Waals surface area contributed by atoms with Gasteiger partial charge < -0.3 is 5.73 Å². The Kier molecular flexibility index (Phi) is 4.85. The van der Waals surface area contributed by atoms with Gasteiger partial charge in [-0.15, -0.1) is 5.56 Å². The van der Waals surface area contributed by atoms with Gasteiger partial charge in [0.05, 0.1) is 0 Å². The summed E-state index contributed by atoms with van der Waals surface area (Å²) in [6.45, 7) is 0.494. The number of nitrogens with two attached hydrogens (primary N) is 1. The van der Waals surface area contributed by atoms with E-state index >= 15 is 0 Å². The van der Waals surface area contributed by atoms with Crippen LogP contribution in [-0.4, -0.2) is 0 Å². The van der Waals surface area contributed by atoms with Gasteiger partial charge in [0.2, 0.25) is 0 Å². The Balaban J connectivity index is 0.000000810. The molecular weight excluding hydrogens is 140 g/mol. The predicted octanol–water partition coefficient (Wildman–Crippen LogP) is -1.40. The standard InChI is InChI=1S/C7H7ClN.Li/c8-7-4-2-1-3-6(7)5-9;/h1,3-4H,5,9H2;/q-1;+1. The molecule has 2 N–H and O–H groups in total. The third-order valence-electron chi connectivity index (χ3n) is 1.12. The molecule has 0 atom stereocenters. The summed E-state index contributed by atoms with van der Waals surface area (Å²) in [5, 5.41) is 0.694. The molecule has 0 bridgehead atoms.